The Labute approximate surface area is 230 Å². The van der Waals surface area contributed by atoms with Crippen LogP contribution in [-0.2, 0) is 20.8 Å². The molecule has 204 valence electrons. The first-order valence-electron chi connectivity index (χ1n) is 12.9. The lowest BCUT2D eigenvalue weighted by Crippen LogP contribution is -2.40. The first-order valence-corrected chi connectivity index (χ1v) is 14.1. The summed E-state index contributed by atoms with van der Waals surface area (Å²) in [5.74, 6) is 7.27. The van der Waals surface area contributed by atoms with E-state index in [1.54, 1.807) is 27.8 Å². The lowest BCUT2D eigenvalue weighted by atomic mass is 10.2. The van der Waals surface area contributed by atoms with Gasteiger partial charge in [-0.05, 0) is 44.1 Å². The van der Waals surface area contributed by atoms with Gasteiger partial charge in [-0.15, -0.1) is 12.5 Å². The maximum absolute atomic E-state index is 13.1. The second kappa shape index (κ2) is 12.5. The lowest BCUT2D eigenvalue weighted by molar-refractivity contribution is -0.154. The monoisotopic (exact) mass is 550 g/mol. The van der Waals surface area contributed by atoms with Crippen LogP contribution in [0.2, 0.25) is 0 Å². The minimum atomic E-state index is -0.251. The highest BCUT2D eigenvalue weighted by Gasteiger charge is 2.28. The molecule has 12 heteroatoms. The summed E-state index contributed by atoms with van der Waals surface area (Å²) in [6.45, 7) is 5.46. The summed E-state index contributed by atoms with van der Waals surface area (Å²) in [7, 11) is 0. The van der Waals surface area contributed by atoms with Crippen molar-refractivity contribution in [1.82, 2.24) is 24.3 Å². The molecular weight excluding hydrogens is 520 g/mol. The molecule has 1 saturated heterocycles. The second-order valence-corrected chi connectivity index (χ2v) is 9.74. The van der Waals surface area contributed by atoms with Crippen LogP contribution >= 0.6 is 11.8 Å². The number of pyridine rings is 1. The maximum Gasteiger partial charge on any atom is 0.278 e. The summed E-state index contributed by atoms with van der Waals surface area (Å²) in [6, 6.07) is 3.50. The Morgan fingerprint density at radius 2 is 2.15 bits per heavy atom. The Morgan fingerprint density at radius 1 is 1.26 bits per heavy atom. The average Bonchev–Trinajstić information content (AvgIpc) is 3.24. The number of hydrogen-bond donors (Lipinski definition) is 0. The largest absolute Gasteiger partial charge is 0.480 e. The highest BCUT2D eigenvalue weighted by molar-refractivity contribution is 7.98. The number of thioether (sulfide) groups is 1. The van der Waals surface area contributed by atoms with Crippen molar-refractivity contribution in [2.75, 3.05) is 37.5 Å². The Bertz CT molecular complexity index is 1480. The van der Waals surface area contributed by atoms with Gasteiger partial charge in [0.1, 0.15) is 12.0 Å². The maximum atomic E-state index is 13.1. The van der Waals surface area contributed by atoms with E-state index in [1.807, 2.05) is 6.26 Å². The number of anilines is 1. The zero-order valence-corrected chi connectivity index (χ0v) is 22.6. The molecule has 1 amide bonds. The second-order valence-electron chi connectivity index (χ2n) is 8.97. The van der Waals surface area contributed by atoms with Crippen LogP contribution in [0.15, 0.2) is 40.9 Å². The van der Waals surface area contributed by atoms with Crippen molar-refractivity contribution < 1.29 is 19.0 Å². The van der Waals surface area contributed by atoms with Crippen molar-refractivity contribution >= 4 is 34.5 Å². The number of unbranched alkanes of at least 4 members (excludes halogenated alkanes) is 1. The zero-order valence-electron chi connectivity index (χ0n) is 21.8. The van der Waals surface area contributed by atoms with Gasteiger partial charge in [-0.1, -0.05) is 23.8 Å². The van der Waals surface area contributed by atoms with Gasteiger partial charge in [-0.25, -0.2) is 24.3 Å². The molecule has 1 atom stereocenters. The van der Waals surface area contributed by atoms with Gasteiger partial charge in [-0.3, -0.25) is 14.5 Å². The average molecular weight is 551 g/mol. The van der Waals surface area contributed by atoms with Crippen LogP contribution in [-0.4, -0.2) is 69.1 Å². The zero-order chi connectivity index (χ0) is 27.2. The van der Waals surface area contributed by atoms with Gasteiger partial charge in [0.15, 0.2) is 41.1 Å². The van der Waals surface area contributed by atoms with Crippen molar-refractivity contribution in [1.29, 1.82) is 0 Å². The van der Waals surface area contributed by atoms with E-state index >= 15 is 0 Å². The number of amides is 1. The first kappa shape index (κ1) is 26.9. The Morgan fingerprint density at radius 3 is 2.95 bits per heavy atom. The molecule has 39 heavy (non-hydrogen) atoms. The van der Waals surface area contributed by atoms with Crippen molar-refractivity contribution in [3.63, 3.8) is 0 Å². The van der Waals surface area contributed by atoms with E-state index in [-0.39, 0.29) is 30.9 Å². The van der Waals surface area contributed by atoms with Gasteiger partial charge in [0.2, 0.25) is 0 Å². The molecule has 5 heterocycles. The molecule has 0 aromatic carbocycles. The van der Waals surface area contributed by atoms with Gasteiger partial charge < -0.3 is 14.2 Å². The van der Waals surface area contributed by atoms with E-state index in [0.717, 1.165) is 25.9 Å². The molecule has 2 aliphatic heterocycles. The van der Waals surface area contributed by atoms with Gasteiger partial charge in [-0.2, -0.15) is 0 Å². The topological polar surface area (TPSA) is 114 Å². The molecule has 1 fully saturated rings. The van der Waals surface area contributed by atoms with Crippen LogP contribution in [0.3, 0.4) is 0 Å². The van der Waals surface area contributed by atoms with Gasteiger partial charge in [0.25, 0.3) is 11.5 Å². The first-order chi connectivity index (χ1) is 19.1. The molecule has 3 aromatic rings. The van der Waals surface area contributed by atoms with E-state index in [9.17, 15) is 9.59 Å². The molecule has 1 unspecified atom stereocenters. The fourth-order valence-electron chi connectivity index (χ4n) is 4.49. The number of carbonyl (C=O) groups is 1. The number of allylic oxidation sites excluding steroid dienone is 1. The van der Waals surface area contributed by atoms with Crippen LogP contribution in [0, 0.1) is 11.8 Å². The van der Waals surface area contributed by atoms with Gasteiger partial charge >= 0.3 is 0 Å². The smallest absolute Gasteiger partial charge is 0.278 e. The number of fused-ring (bicyclic) bond motifs is 2. The molecule has 0 radical (unpaired) electrons. The van der Waals surface area contributed by atoms with Gasteiger partial charge in [0, 0.05) is 25.8 Å². The summed E-state index contributed by atoms with van der Waals surface area (Å²) < 4.78 is 20.0. The Balaban J connectivity index is 1.36. The van der Waals surface area contributed by atoms with Crippen molar-refractivity contribution in [2.24, 2.45) is 0 Å². The SMILES string of the molecule is C=CCn1c(=O)c2cnc(SC)nc2n1-c1ccc2c(n1)N(CCCC#CCOC1CCCCO1)C(=O)CO2. The van der Waals surface area contributed by atoms with E-state index < -0.39 is 0 Å². The van der Waals surface area contributed by atoms with Crippen molar-refractivity contribution in [2.45, 2.75) is 50.1 Å². The fraction of sp³-hybridized carbons (Fsp3) is 0.444. The van der Waals surface area contributed by atoms with Crippen LogP contribution in [0.25, 0.3) is 16.9 Å². The number of ether oxygens (including phenoxy) is 3. The quantitative estimate of drug-likeness (QED) is 0.130. The standard InChI is InChI=1S/C27H30N6O5S/c1-3-13-32-26(35)19-17-28-27(39-2)30-24(19)33(32)21-12-11-20-25(29-21)31(22(34)18-38-20)14-7-4-5-8-15-36-23-10-6-9-16-37-23/h3,11-12,17,23H,1,4,6-7,9-10,13-16,18H2,2H3. The number of nitrogens with zero attached hydrogens (tertiary/aromatic N) is 6. The minimum Gasteiger partial charge on any atom is -0.480 e. The predicted octanol–water partition coefficient (Wildman–Crippen LogP) is 2.94. The molecule has 0 aliphatic carbocycles. The molecule has 0 spiro atoms. The molecule has 0 saturated carbocycles. The number of aromatic nitrogens is 5. The summed E-state index contributed by atoms with van der Waals surface area (Å²) in [5, 5.41) is 0.902. The number of carbonyl (C=O) groups excluding carboxylic acids is 1. The molecule has 2 aliphatic rings. The van der Waals surface area contributed by atoms with E-state index in [0.29, 0.717) is 59.6 Å². The minimum absolute atomic E-state index is 0.0626. The van der Waals surface area contributed by atoms with Gasteiger partial charge in [0.05, 0.1) is 6.54 Å². The summed E-state index contributed by atoms with van der Waals surface area (Å²) in [6.07, 6.45) is 9.22. The molecule has 0 bridgehead atoms. The summed E-state index contributed by atoms with van der Waals surface area (Å²) >= 11 is 1.38. The highest BCUT2D eigenvalue weighted by atomic mass is 32.2. The number of hydrogen-bond acceptors (Lipinski definition) is 9. The lowest BCUT2D eigenvalue weighted by Gasteiger charge is -2.28. The Kier molecular flexibility index (Phi) is 8.61. The highest BCUT2D eigenvalue weighted by Crippen LogP contribution is 2.32. The Hall–Kier alpha value is -3.66. The van der Waals surface area contributed by atoms with Crippen molar-refractivity contribution in [3.8, 4) is 23.4 Å². The third kappa shape index (κ3) is 5.85. The molecule has 11 nitrogen and oxygen atoms in total. The number of rotatable bonds is 9. The summed E-state index contributed by atoms with van der Waals surface area (Å²) in [4.78, 5) is 41.1. The normalized spacial score (nSPS) is 16.9. The van der Waals surface area contributed by atoms with E-state index in [4.69, 9.17) is 19.2 Å². The van der Waals surface area contributed by atoms with Crippen LogP contribution in [0.5, 0.6) is 5.75 Å². The molecule has 0 N–H and O–H groups in total. The van der Waals surface area contributed by atoms with E-state index in [1.165, 1.54) is 22.6 Å². The summed E-state index contributed by atoms with van der Waals surface area (Å²) in [5.41, 5.74) is 0.179. The van der Waals surface area contributed by atoms with Crippen LogP contribution in [0.1, 0.15) is 32.1 Å². The van der Waals surface area contributed by atoms with E-state index in [2.05, 4.69) is 28.4 Å². The molecular formula is C27H30N6O5S. The van der Waals surface area contributed by atoms with Crippen LogP contribution < -0.4 is 15.2 Å². The third-order valence-corrected chi connectivity index (χ3v) is 6.94. The molecule has 5 rings (SSSR count). The predicted molar refractivity (Wildman–Crippen MR) is 147 cm³/mol. The van der Waals surface area contributed by atoms with Crippen LogP contribution in [0.4, 0.5) is 5.82 Å². The van der Waals surface area contributed by atoms with Crippen molar-refractivity contribution in [3.05, 3.63) is 41.3 Å². The fourth-order valence-corrected chi connectivity index (χ4v) is 4.82. The third-order valence-electron chi connectivity index (χ3n) is 6.38. The molecule has 3 aromatic heterocycles.